The molecule has 1 saturated carbocycles. The SMILES string of the molecule is CN1CN(CC2CCC(F)(F)C2)CC1=O. The Labute approximate surface area is 88.0 Å². The second-order valence-electron chi connectivity index (χ2n) is 4.71. The highest BCUT2D eigenvalue weighted by Gasteiger charge is 2.40. The first-order valence-corrected chi connectivity index (χ1v) is 5.30. The van der Waals surface area contributed by atoms with E-state index < -0.39 is 5.92 Å². The Morgan fingerprint density at radius 1 is 1.53 bits per heavy atom. The fourth-order valence-corrected chi connectivity index (χ4v) is 2.43. The van der Waals surface area contributed by atoms with Crippen molar-refractivity contribution >= 4 is 5.91 Å². The molecule has 1 aliphatic heterocycles. The molecule has 1 heterocycles. The maximum Gasteiger partial charge on any atom is 0.248 e. The summed E-state index contributed by atoms with van der Waals surface area (Å²) in [5.74, 6) is -2.33. The molecule has 0 N–H and O–H groups in total. The number of nitrogens with zero attached hydrogens (tertiary/aromatic N) is 2. The first-order valence-electron chi connectivity index (χ1n) is 5.30. The molecule has 1 unspecified atom stereocenters. The minimum absolute atomic E-state index is 0.00922. The molecule has 0 aromatic rings. The molecule has 0 bridgehead atoms. The molecular formula is C10H16F2N2O. The lowest BCUT2D eigenvalue weighted by molar-refractivity contribution is -0.125. The molecule has 1 saturated heterocycles. The number of halogens is 2. The number of amides is 1. The number of rotatable bonds is 2. The lowest BCUT2D eigenvalue weighted by atomic mass is 10.1. The van der Waals surface area contributed by atoms with Crippen molar-refractivity contribution in [1.82, 2.24) is 9.80 Å². The zero-order chi connectivity index (χ0) is 11.1. The highest BCUT2D eigenvalue weighted by molar-refractivity contribution is 5.79. The third-order valence-electron chi connectivity index (χ3n) is 3.22. The molecule has 1 amide bonds. The van der Waals surface area contributed by atoms with Crippen molar-refractivity contribution in [1.29, 1.82) is 0 Å². The van der Waals surface area contributed by atoms with Crippen LogP contribution in [0.1, 0.15) is 19.3 Å². The molecule has 0 spiro atoms. The van der Waals surface area contributed by atoms with Gasteiger partial charge in [-0.05, 0) is 12.3 Å². The van der Waals surface area contributed by atoms with Gasteiger partial charge in [0.1, 0.15) is 0 Å². The third-order valence-corrected chi connectivity index (χ3v) is 3.22. The van der Waals surface area contributed by atoms with Gasteiger partial charge in [0.05, 0.1) is 13.2 Å². The van der Waals surface area contributed by atoms with E-state index in [0.717, 1.165) is 0 Å². The smallest absolute Gasteiger partial charge is 0.248 e. The van der Waals surface area contributed by atoms with Crippen LogP contribution >= 0.6 is 0 Å². The molecule has 1 atom stereocenters. The highest BCUT2D eigenvalue weighted by Crippen LogP contribution is 2.39. The molecule has 0 radical (unpaired) electrons. The molecule has 2 rings (SSSR count). The van der Waals surface area contributed by atoms with Crippen molar-refractivity contribution < 1.29 is 13.6 Å². The Hall–Kier alpha value is -0.710. The van der Waals surface area contributed by atoms with Crippen LogP contribution in [0.25, 0.3) is 0 Å². The van der Waals surface area contributed by atoms with Crippen LogP contribution < -0.4 is 0 Å². The van der Waals surface area contributed by atoms with E-state index in [1.807, 2.05) is 4.90 Å². The monoisotopic (exact) mass is 218 g/mol. The van der Waals surface area contributed by atoms with Crippen molar-refractivity contribution in [2.45, 2.75) is 25.2 Å². The van der Waals surface area contributed by atoms with Crippen molar-refractivity contribution in [3.05, 3.63) is 0 Å². The molecule has 5 heteroatoms. The van der Waals surface area contributed by atoms with Gasteiger partial charge in [-0.2, -0.15) is 0 Å². The summed E-state index contributed by atoms with van der Waals surface area (Å²) in [7, 11) is 1.74. The minimum atomic E-state index is -2.47. The van der Waals surface area contributed by atoms with E-state index in [4.69, 9.17) is 0 Å². The summed E-state index contributed by atoms with van der Waals surface area (Å²) in [5.41, 5.74) is 0. The largest absolute Gasteiger partial charge is 0.332 e. The topological polar surface area (TPSA) is 23.6 Å². The maximum absolute atomic E-state index is 12.9. The Bertz CT molecular complexity index is 270. The van der Waals surface area contributed by atoms with E-state index in [1.54, 1.807) is 11.9 Å². The van der Waals surface area contributed by atoms with Gasteiger partial charge in [0.15, 0.2) is 0 Å². The van der Waals surface area contributed by atoms with E-state index in [2.05, 4.69) is 0 Å². The predicted octanol–water partition coefficient (Wildman–Crippen LogP) is 1.15. The molecule has 0 aromatic heterocycles. The predicted molar refractivity (Wildman–Crippen MR) is 51.5 cm³/mol. The van der Waals surface area contributed by atoms with Crippen molar-refractivity contribution in [3.8, 4) is 0 Å². The second-order valence-corrected chi connectivity index (χ2v) is 4.71. The average Bonchev–Trinajstić information content (AvgIpc) is 2.58. The summed E-state index contributed by atoms with van der Waals surface area (Å²) in [6.45, 7) is 1.60. The van der Waals surface area contributed by atoms with E-state index in [0.29, 0.717) is 26.2 Å². The number of hydrogen-bond donors (Lipinski definition) is 0. The summed E-state index contributed by atoms with van der Waals surface area (Å²) >= 11 is 0. The molecule has 2 aliphatic rings. The van der Waals surface area contributed by atoms with Gasteiger partial charge in [0, 0.05) is 26.4 Å². The average molecular weight is 218 g/mol. The summed E-state index contributed by atoms with van der Waals surface area (Å²) < 4.78 is 25.9. The van der Waals surface area contributed by atoms with Crippen LogP contribution in [0.4, 0.5) is 8.78 Å². The summed E-state index contributed by atoms with van der Waals surface area (Å²) in [4.78, 5) is 14.8. The van der Waals surface area contributed by atoms with Crippen LogP contribution in [0, 0.1) is 5.92 Å². The highest BCUT2D eigenvalue weighted by atomic mass is 19.3. The number of hydrogen-bond acceptors (Lipinski definition) is 2. The summed E-state index contributed by atoms with van der Waals surface area (Å²) in [5, 5.41) is 0. The standard InChI is InChI=1S/C10H16F2N2O/c1-13-7-14(6-9(13)15)5-8-2-3-10(11,12)4-8/h8H,2-7H2,1H3. The number of likely N-dealkylation sites (N-methyl/N-ethyl adjacent to an activating group) is 1. The van der Waals surface area contributed by atoms with E-state index in [1.165, 1.54) is 0 Å². The first-order chi connectivity index (χ1) is 6.96. The van der Waals surface area contributed by atoms with E-state index in [-0.39, 0.29) is 24.7 Å². The van der Waals surface area contributed by atoms with Crippen LogP contribution in [0.3, 0.4) is 0 Å². The fourth-order valence-electron chi connectivity index (χ4n) is 2.43. The maximum atomic E-state index is 12.9. The fraction of sp³-hybridized carbons (Fsp3) is 0.900. The Kier molecular flexibility index (Phi) is 2.66. The molecule has 3 nitrogen and oxygen atoms in total. The molecule has 86 valence electrons. The van der Waals surface area contributed by atoms with Crippen LogP contribution in [-0.2, 0) is 4.79 Å². The normalized spacial score (nSPS) is 31.5. The number of alkyl halides is 2. The molecular weight excluding hydrogens is 202 g/mol. The van der Waals surface area contributed by atoms with Gasteiger partial charge in [-0.15, -0.1) is 0 Å². The van der Waals surface area contributed by atoms with E-state index in [9.17, 15) is 13.6 Å². The summed E-state index contributed by atoms with van der Waals surface area (Å²) in [6, 6.07) is 0. The van der Waals surface area contributed by atoms with Crippen LogP contribution in [0.15, 0.2) is 0 Å². The van der Waals surface area contributed by atoms with Gasteiger partial charge in [-0.3, -0.25) is 9.69 Å². The van der Waals surface area contributed by atoms with Crippen LogP contribution in [-0.4, -0.2) is 48.4 Å². The van der Waals surface area contributed by atoms with Gasteiger partial charge in [-0.1, -0.05) is 0 Å². The lowest BCUT2D eigenvalue weighted by Crippen LogP contribution is -2.28. The van der Waals surface area contributed by atoms with E-state index >= 15 is 0 Å². The molecule has 0 aromatic carbocycles. The van der Waals surface area contributed by atoms with Crippen LogP contribution in [0.5, 0.6) is 0 Å². The van der Waals surface area contributed by atoms with Crippen LogP contribution in [0.2, 0.25) is 0 Å². The van der Waals surface area contributed by atoms with Crippen molar-refractivity contribution in [2.75, 3.05) is 26.8 Å². The minimum Gasteiger partial charge on any atom is -0.332 e. The Morgan fingerprint density at radius 2 is 2.27 bits per heavy atom. The van der Waals surface area contributed by atoms with Gasteiger partial charge in [-0.25, -0.2) is 8.78 Å². The quantitative estimate of drug-likeness (QED) is 0.694. The van der Waals surface area contributed by atoms with Gasteiger partial charge < -0.3 is 4.90 Å². The van der Waals surface area contributed by atoms with Crippen molar-refractivity contribution in [2.24, 2.45) is 5.92 Å². The molecule has 1 aliphatic carbocycles. The van der Waals surface area contributed by atoms with Gasteiger partial charge in [0.25, 0.3) is 0 Å². The zero-order valence-corrected chi connectivity index (χ0v) is 8.88. The first kappa shape index (κ1) is 10.8. The third kappa shape index (κ3) is 2.45. The van der Waals surface area contributed by atoms with Crippen molar-refractivity contribution in [3.63, 3.8) is 0 Å². The number of carbonyl (C=O) groups is 1. The zero-order valence-electron chi connectivity index (χ0n) is 8.88. The van der Waals surface area contributed by atoms with Gasteiger partial charge >= 0.3 is 0 Å². The second kappa shape index (κ2) is 3.70. The van der Waals surface area contributed by atoms with Gasteiger partial charge in [0.2, 0.25) is 11.8 Å². The molecule has 2 fully saturated rings. The Morgan fingerprint density at radius 3 is 2.73 bits per heavy atom. The lowest BCUT2D eigenvalue weighted by Gasteiger charge is -2.18. The molecule has 15 heavy (non-hydrogen) atoms. The number of carbonyl (C=O) groups excluding carboxylic acids is 1. The Balaban J connectivity index is 1.82. The summed E-state index contributed by atoms with van der Waals surface area (Å²) in [6.07, 6.45) is 0.581.